The minimum Gasteiger partial charge on any atom is -0.497 e. The number of hydrogen-bond acceptors (Lipinski definition) is 7. The first-order valence-corrected chi connectivity index (χ1v) is 11.1. The van der Waals surface area contributed by atoms with Gasteiger partial charge in [0.15, 0.2) is 11.5 Å². The highest BCUT2D eigenvalue weighted by Gasteiger charge is 2.27. The van der Waals surface area contributed by atoms with Crippen molar-refractivity contribution >= 4 is 23.6 Å². The molecule has 0 aliphatic carbocycles. The molecule has 0 radical (unpaired) electrons. The molecule has 2 aliphatic heterocycles. The van der Waals surface area contributed by atoms with E-state index in [-0.39, 0.29) is 43.0 Å². The van der Waals surface area contributed by atoms with Crippen LogP contribution < -0.4 is 30.2 Å². The summed E-state index contributed by atoms with van der Waals surface area (Å²) in [5, 5.41) is 9.18. The quantitative estimate of drug-likeness (QED) is 0.575. The molecule has 0 saturated carbocycles. The number of nitrogens with one attached hydrogen (secondary N) is 3. The summed E-state index contributed by atoms with van der Waals surface area (Å²) >= 11 is 1.57. The molecule has 2 amide bonds. The summed E-state index contributed by atoms with van der Waals surface area (Å²) in [4.78, 5) is 24.5. The molecule has 0 spiro atoms. The number of benzene rings is 2. The van der Waals surface area contributed by atoms with Crippen molar-refractivity contribution in [1.82, 2.24) is 16.0 Å². The first kappa shape index (κ1) is 21.3. The van der Waals surface area contributed by atoms with Crippen LogP contribution in [0.5, 0.6) is 17.2 Å². The van der Waals surface area contributed by atoms with E-state index in [0.29, 0.717) is 23.8 Å². The number of hydrogen-bond donors (Lipinski definition) is 3. The van der Waals surface area contributed by atoms with E-state index in [1.54, 1.807) is 18.9 Å². The summed E-state index contributed by atoms with van der Waals surface area (Å²) in [6, 6.07) is 13.2. The van der Waals surface area contributed by atoms with Crippen LogP contribution in [0.2, 0.25) is 0 Å². The standard InChI is InChI=1S/C22H25N3O5S/c1-28-17-4-2-3-15(7-17)12-31-22-24-16(10-21(27)25-22)9-20(26)23-11-14-5-6-18-19(8-14)30-13-29-18/h2-8,16,22,24H,9-13H2,1H3,(H,23,26)(H,25,27). The summed E-state index contributed by atoms with van der Waals surface area (Å²) in [7, 11) is 1.64. The predicted molar refractivity (Wildman–Crippen MR) is 117 cm³/mol. The number of carbonyl (C=O) groups excluding carboxylic acids is 2. The summed E-state index contributed by atoms with van der Waals surface area (Å²) in [6.07, 6.45) is 0.502. The number of fused-ring (bicyclic) bond motifs is 1. The highest BCUT2D eigenvalue weighted by Crippen LogP contribution is 2.32. The molecular weight excluding hydrogens is 418 g/mol. The smallest absolute Gasteiger partial charge is 0.231 e. The second kappa shape index (κ2) is 9.93. The van der Waals surface area contributed by atoms with Crippen LogP contribution >= 0.6 is 11.8 Å². The molecule has 2 aromatic carbocycles. The van der Waals surface area contributed by atoms with Crippen LogP contribution in [0.15, 0.2) is 42.5 Å². The zero-order valence-electron chi connectivity index (χ0n) is 17.2. The molecule has 2 aromatic rings. The van der Waals surface area contributed by atoms with Crippen LogP contribution in [0.3, 0.4) is 0 Å². The Bertz CT molecular complexity index is 954. The van der Waals surface area contributed by atoms with Crippen LogP contribution in [0.25, 0.3) is 0 Å². The minimum absolute atomic E-state index is 0.0598. The molecule has 4 rings (SSSR count). The third-order valence-corrected chi connectivity index (χ3v) is 6.11. The first-order chi connectivity index (χ1) is 15.1. The minimum atomic E-state index is -0.251. The van der Waals surface area contributed by atoms with Crippen molar-refractivity contribution in [2.45, 2.75) is 36.7 Å². The normalized spacial score (nSPS) is 19.6. The fourth-order valence-corrected chi connectivity index (χ4v) is 4.50. The van der Waals surface area contributed by atoms with Crippen molar-refractivity contribution in [1.29, 1.82) is 0 Å². The van der Waals surface area contributed by atoms with Crippen LogP contribution in [0.1, 0.15) is 24.0 Å². The first-order valence-electron chi connectivity index (χ1n) is 10.0. The molecular formula is C22H25N3O5S. The monoisotopic (exact) mass is 443 g/mol. The van der Waals surface area contributed by atoms with Gasteiger partial charge >= 0.3 is 0 Å². The van der Waals surface area contributed by atoms with E-state index in [4.69, 9.17) is 14.2 Å². The van der Waals surface area contributed by atoms with Gasteiger partial charge in [-0.1, -0.05) is 18.2 Å². The Morgan fingerprint density at radius 3 is 2.94 bits per heavy atom. The van der Waals surface area contributed by atoms with E-state index in [2.05, 4.69) is 16.0 Å². The van der Waals surface area contributed by atoms with E-state index in [0.717, 1.165) is 16.9 Å². The fraction of sp³-hybridized carbons (Fsp3) is 0.364. The zero-order chi connectivity index (χ0) is 21.6. The van der Waals surface area contributed by atoms with Gasteiger partial charge in [0.2, 0.25) is 18.6 Å². The second-order valence-corrected chi connectivity index (χ2v) is 8.44. The van der Waals surface area contributed by atoms with Gasteiger partial charge in [0.05, 0.1) is 7.11 Å². The summed E-state index contributed by atoms with van der Waals surface area (Å²) < 4.78 is 15.9. The highest BCUT2D eigenvalue weighted by atomic mass is 32.2. The molecule has 0 aromatic heterocycles. The number of ether oxygens (including phenoxy) is 3. The van der Waals surface area contributed by atoms with Crippen molar-refractivity contribution in [2.24, 2.45) is 0 Å². The number of carbonyl (C=O) groups is 2. The van der Waals surface area contributed by atoms with Gasteiger partial charge in [0.1, 0.15) is 11.2 Å². The molecule has 2 heterocycles. The van der Waals surface area contributed by atoms with Crippen LogP contribution in [-0.2, 0) is 21.9 Å². The number of methoxy groups -OCH3 is 1. The molecule has 2 aliphatic rings. The summed E-state index contributed by atoms with van der Waals surface area (Å²) in [6.45, 7) is 0.611. The second-order valence-electron chi connectivity index (χ2n) is 7.35. The molecule has 1 saturated heterocycles. The number of amides is 2. The lowest BCUT2D eigenvalue weighted by Crippen LogP contribution is -2.55. The van der Waals surface area contributed by atoms with Crippen molar-refractivity contribution in [3.8, 4) is 17.2 Å². The summed E-state index contributed by atoms with van der Waals surface area (Å²) in [5.41, 5.74) is 1.78. The Morgan fingerprint density at radius 2 is 2.06 bits per heavy atom. The number of rotatable bonds is 8. The average molecular weight is 444 g/mol. The van der Waals surface area contributed by atoms with E-state index in [1.165, 1.54) is 0 Å². The third kappa shape index (κ3) is 5.83. The topological polar surface area (TPSA) is 97.9 Å². The molecule has 8 nitrogen and oxygen atoms in total. The molecule has 164 valence electrons. The maximum absolute atomic E-state index is 12.4. The largest absolute Gasteiger partial charge is 0.497 e. The average Bonchev–Trinajstić information content (AvgIpc) is 3.24. The van der Waals surface area contributed by atoms with Gasteiger partial charge in [-0.3, -0.25) is 14.9 Å². The Kier molecular flexibility index (Phi) is 6.83. The Balaban J connectivity index is 1.24. The van der Waals surface area contributed by atoms with Crippen molar-refractivity contribution in [2.75, 3.05) is 13.9 Å². The molecule has 2 unspecified atom stereocenters. The van der Waals surface area contributed by atoms with Crippen molar-refractivity contribution in [3.05, 3.63) is 53.6 Å². The Morgan fingerprint density at radius 1 is 1.19 bits per heavy atom. The molecule has 0 bridgehead atoms. The zero-order valence-corrected chi connectivity index (χ0v) is 18.0. The van der Waals surface area contributed by atoms with E-state index in [1.807, 2.05) is 42.5 Å². The molecule has 3 N–H and O–H groups in total. The fourth-order valence-electron chi connectivity index (χ4n) is 3.45. The van der Waals surface area contributed by atoms with E-state index >= 15 is 0 Å². The maximum Gasteiger partial charge on any atom is 0.231 e. The van der Waals surface area contributed by atoms with Gasteiger partial charge in [-0.2, -0.15) is 0 Å². The number of thioether (sulfide) groups is 1. The van der Waals surface area contributed by atoms with Crippen LogP contribution in [-0.4, -0.2) is 37.3 Å². The Labute approximate surface area is 185 Å². The molecule has 1 fully saturated rings. The van der Waals surface area contributed by atoms with Gasteiger partial charge in [-0.05, 0) is 35.4 Å². The highest BCUT2D eigenvalue weighted by molar-refractivity contribution is 7.99. The van der Waals surface area contributed by atoms with Gasteiger partial charge < -0.3 is 24.8 Å². The lowest BCUT2D eigenvalue weighted by atomic mass is 10.1. The third-order valence-electron chi connectivity index (χ3n) is 5.02. The Hall–Kier alpha value is -2.91. The molecule has 31 heavy (non-hydrogen) atoms. The van der Waals surface area contributed by atoms with Crippen molar-refractivity contribution in [3.63, 3.8) is 0 Å². The molecule has 2 atom stereocenters. The van der Waals surface area contributed by atoms with Gasteiger partial charge in [-0.25, -0.2) is 0 Å². The van der Waals surface area contributed by atoms with Gasteiger partial charge in [0, 0.05) is 31.2 Å². The van der Waals surface area contributed by atoms with Gasteiger partial charge in [0.25, 0.3) is 0 Å². The maximum atomic E-state index is 12.4. The van der Waals surface area contributed by atoms with E-state index < -0.39 is 0 Å². The van der Waals surface area contributed by atoms with Crippen molar-refractivity contribution < 1.29 is 23.8 Å². The molecule has 9 heteroatoms. The van der Waals surface area contributed by atoms with Gasteiger partial charge in [-0.15, -0.1) is 11.8 Å². The SMILES string of the molecule is COc1cccc(CSC2NC(=O)CC(CC(=O)NCc3ccc4c(c3)OCO4)N2)c1. The predicted octanol–water partition coefficient (Wildman–Crippen LogP) is 2.13. The van der Waals surface area contributed by atoms with E-state index in [9.17, 15) is 9.59 Å². The van der Waals surface area contributed by atoms with Crippen LogP contribution in [0, 0.1) is 0 Å². The lowest BCUT2D eigenvalue weighted by Gasteiger charge is -2.31. The van der Waals surface area contributed by atoms with Crippen LogP contribution in [0.4, 0.5) is 0 Å². The summed E-state index contributed by atoms with van der Waals surface area (Å²) in [5.74, 6) is 2.74. The lowest BCUT2D eigenvalue weighted by molar-refractivity contribution is -0.125.